The second-order valence-electron chi connectivity index (χ2n) is 5.62. The molecule has 118 valence electrons. The van der Waals surface area contributed by atoms with Crippen LogP contribution in [0.3, 0.4) is 0 Å². The Morgan fingerprint density at radius 2 is 1.77 bits per heavy atom. The molecule has 0 radical (unpaired) electrons. The Kier molecular flexibility index (Phi) is 5.33. The van der Waals surface area contributed by atoms with Gasteiger partial charge in [0.15, 0.2) is 0 Å². The van der Waals surface area contributed by atoms with Gasteiger partial charge in [0.05, 0.1) is 25.3 Å². The van der Waals surface area contributed by atoms with Gasteiger partial charge in [-0.25, -0.2) is 0 Å². The van der Waals surface area contributed by atoms with Crippen LogP contribution in [0.2, 0.25) is 0 Å². The van der Waals surface area contributed by atoms with Crippen LogP contribution in [0.5, 0.6) is 0 Å². The van der Waals surface area contributed by atoms with Gasteiger partial charge in [-0.05, 0) is 37.6 Å². The zero-order valence-corrected chi connectivity index (χ0v) is 13.2. The predicted molar refractivity (Wildman–Crippen MR) is 86.4 cm³/mol. The largest absolute Gasteiger partial charge is 0.377 e. The Morgan fingerprint density at radius 1 is 1.18 bits per heavy atom. The third kappa shape index (κ3) is 4.18. The molecule has 1 N–H and O–H groups in total. The van der Waals surface area contributed by atoms with Crippen LogP contribution in [0.1, 0.15) is 26.3 Å². The molecule has 5 nitrogen and oxygen atoms in total. The van der Waals surface area contributed by atoms with Crippen molar-refractivity contribution in [2.75, 3.05) is 18.5 Å². The molecular formula is C17H22N2O3. The molecule has 1 aliphatic heterocycles. The van der Waals surface area contributed by atoms with Crippen molar-refractivity contribution in [1.29, 1.82) is 0 Å². The van der Waals surface area contributed by atoms with Gasteiger partial charge in [-0.2, -0.15) is 0 Å². The molecular weight excluding hydrogens is 280 g/mol. The molecule has 0 bridgehead atoms. The average Bonchev–Trinajstić information content (AvgIpc) is 2.46. The summed E-state index contributed by atoms with van der Waals surface area (Å²) in [5, 5.41) is 2.71. The molecule has 1 heterocycles. The molecule has 1 aromatic rings. The van der Waals surface area contributed by atoms with Gasteiger partial charge in [-0.1, -0.05) is 12.1 Å². The van der Waals surface area contributed by atoms with Crippen LogP contribution in [-0.4, -0.2) is 42.0 Å². The van der Waals surface area contributed by atoms with E-state index in [2.05, 4.69) is 5.32 Å². The molecule has 1 saturated heterocycles. The fraction of sp³-hybridized carbons (Fsp3) is 0.412. The molecule has 5 heteroatoms. The third-order valence-electron chi connectivity index (χ3n) is 3.57. The van der Waals surface area contributed by atoms with Gasteiger partial charge in [-0.3, -0.25) is 9.59 Å². The number of carbonyl (C=O) groups excluding carboxylic acids is 2. The van der Waals surface area contributed by atoms with Crippen molar-refractivity contribution in [3.05, 3.63) is 35.9 Å². The minimum absolute atomic E-state index is 0.00534. The maximum Gasteiger partial charge on any atom is 0.247 e. The van der Waals surface area contributed by atoms with Crippen molar-refractivity contribution in [2.45, 2.75) is 32.9 Å². The molecule has 2 atom stereocenters. The summed E-state index contributed by atoms with van der Waals surface area (Å²) in [6.45, 7) is 6.61. The van der Waals surface area contributed by atoms with E-state index in [0.717, 1.165) is 11.3 Å². The van der Waals surface area contributed by atoms with E-state index in [1.807, 2.05) is 43.0 Å². The van der Waals surface area contributed by atoms with Crippen LogP contribution in [0.25, 0.3) is 6.08 Å². The lowest BCUT2D eigenvalue weighted by molar-refractivity contribution is -0.138. The molecule has 0 aromatic heterocycles. The van der Waals surface area contributed by atoms with E-state index in [0.29, 0.717) is 13.2 Å². The fourth-order valence-electron chi connectivity index (χ4n) is 2.57. The molecule has 0 spiro atoms. The summed E-state index contributed by atoms with van der Waals surface area (Å²) < 4.78 is 5.43. The number of hydrogen-bond acceptors (Lipinski definition) is 3. The third-order valence-corrected chi connectivity index (χ3v) is 3.57. The van der Waals surface area contributed by atoms with E-state index >= 15 is 0 Å². The molecule has 0 saturated carbocycles. The van der Waals surface area contributed by atoms with E-state index in [1.165, 1.54) is 6.92 Å². The van der Waals surface area contributed by atoms with Gasteiger partial charge in [-0.15, -0.1) is 0 Å². The summed E-state index contributed by atoms with van der Waals surface area (Å²) in [5.41, 5.74) is 1.66. The molecule has 2 amide bonds. The van der Waals surface area contributed by atoms with Crippen LogP contribution >= 0.6 is 0 Å². The number of rotatable bonds is 3. The summed E-state index contributed by atoms with van der Waals surface area (Å²) in [7, 11) is 0. The maximum absolute atomic E-state index is 12.3. The van der Waals surface area contributed by atoms with Crippen molar-refractivity contribution in [1.82, 2.24) is 4.90 Å². The Balaban J connectivity index is 2.01. The summed E-state index contributed by atoms with van der Waals surface area (Å²) in [6, 6.07) is 7.52. The highest BCUT2D eigenvalue weighted by Gasteiger charge is 2.28. The van der Waals surface area contributed by atoms with Crippen LogP contribution in [0.15, 0.2) is 30.3 Å². The molecule has 1 fully saturated rings. The summed E-state index contributed by atoms with van der Waals surface area (Å²) >= 11 is 0. The minimum Gasteiger partial charge on any atom is -0.377 e. The standard InChI is InChI=1S/C17H22N2O3/c1-12-10-22-11-13(2)19(12)17(21)9-6-15-4-7-16(8-5-15)18-14(3)20/h4-9,12-13H,10-11H2,1-3H3,(H,18,20)/b9-6+/t12-,13-/m1/s1. The second-order valence-corrected chi connectivity index (χ2v) is 5.62. The Morgan fingerprint density at radius 3 is 2.32 bits per heavy atom. The summed E-state index contributed by atoms with van der Waals surface area (Å²) in [4.78, 5) is 25.1. The van der Waals surface area contributed by atoms with Crippen LogP contribution in [0, 0.1) is 0 Å². The Bertz CT molecular complexity index is 556. The molecule has 2 rings (SSSR count). The van der Waals surface area contributed by atoms with Gasteiger partial charge in [0.25, 0.3) is 0 Å². The zero-order valence-electron chi connectivity index (χ0n) is 13.2. The number of nitrogens with one attached hydrogen (secondary N) is 1. The van der Waals surface area contributed by atoms with E-state index in [1.54, 1.807) is 12.2 Å². The highest BCUT2D eigenvalue weighted by atomic mass is 16.5. The smallest absolute Gasteiger partial charge is 0.247 e. The molecule has 0 unspecified atom stereocenters. The van der Waals surface area contributed by atoms with Gasteiger partial charge >= 0.3 is 0 Å². The highest BCUT2D eigenvalue weighted by molar-refractivity contribution is 5.92. The number of amides is 2. The number of anilines is 1. The number of morpholine rings is 1. The number of benzene rings is 1. The van der Waals surface area contributed by atoms with Crippen molar-refractivity contribution >= 4 is 23.6 Å². The monoisotopic (exact) mass is 302 g/mol. The minimum atomic E-state index is -0.103. The number of carbonyl (C=O) groups is 2. The van der Waals surface area contributed by atoms with Gasteiger partial charge in [0, 0.05) is 18.7 Å². The van der Waals surface area contributed by atoms with E-state index in [4.69, 9.17) is 4.74 Å². The first kappa shape index (κ1) is 16.2. The molecule has 1 aliphatic rings. The maximum atomic E-state index is 12.3. The lowest BCUT2D eigenvalue weighted by atomic mass is 10.1. The predicted octanol–water partition coefficient (Wildman–Crippen LogP) is 2.29. The van der Waals surface area contributed by atoms with E-state index in [9.17, 15) is 9.59 Å². The van der Waals surface area contributed by atoms with Crippen molar-refractivity contribution < 1.29 is 14.3 Å². The van der Waals surface area contributed by atoms with Gasteiger partial charge in [0.2, 0.25) is 11.8 Å². The fourth-order valence-corrected chi connectivity index (χ4v) is 2.57. The first-order valence-corrected chi connectivity index (χ1v) is 7.43. The first-order valence-electron chi connectivity index (χ1n) is 7.43. The lowest BCUT2D eigenvalue weighted by Crippen LogP contribution is -2.51. The number of ether oxygens (including phenoxy) is 1. The van der Waals surface area contributed by atoms with Gasteiger partial charge in [0.1, 0.15) is 0 Å². The summed E-state index contributed by atoms with van der Waals surface area (Å²) in [5.74, 6) is -0.108. The van der Waals surface area contributed by atoms with Crippen molar-refractivity contribution in [3.63, 3.8) is 0 Å². The second kappa shape index (κ2) is 7.22. The van der Waals surface area contributed by atoms with E-state index in [-0.39, 0.29) is 23.9 Å². The molecule has 0 aliphatic carbocycles. The van der Waals surface area contributed by atoms with Crippen LogP contribution in [0.4, 0.5) is 5.69 Å². The van der Waals surface area contributed by atoms with E-state index < -0.39 is 0 Å². The zero-order chi connectivity index (χ0) is 16.1. The molecule has 22 heavy (non-hydrogen) atoms. The van der Waals surface area contributed by atoms with Gasteiger partial charge < -0.3 is 15.0 Å². The lowest BCUT2D eigenvalue weighted by Gasteiger charge is -2.38. The van der Waals surface area contributed by atoms with Crippen LogP contribution < -0.4 is 5.32 Å². The SMILES string of the molecule is CC(=O)Nc1ccc(/C=C/C(=O)N2[C@H](C)COC[C@H]2C)cc1. The van der Waals surface area contributed by atoms with Crippen LogP contribution in [-0.2, 0) is 14.3 Å². The Labute approximate surface area is 130 Å². The molecule has 1 aromatic carbocycles. The number of hydrogen-bond donors (Lipinski definition) is 1. The average molecular weight is 302 g/mol. The van der Waals surface area contributed by atoms with Crippen molar-refractivity contribution in [2.24, 2.45) is 0 Å². The topological polar surface area (TPSA) is 58.6 Å². The quantitative estimate of drug-likeness (QED) is 0.872. The number of nitrogens with zero attached hydrogens (tertiary/aromatic N) is 1. The Hall–Kier alpha value is -2.14. The first-order chi connectivity index (χ1) is 10.5. The normalized spacial score (nSPS) is 21.9. The van der Waals surface area contributed by atoms with Crippen molar-refractivity contribution in [3.8, 4) is 0 Å². The highest BCUT2D eigenvalue weighted by Crippen LogP contribution is 2.15. The summed E-state index contributed by atoms with van der Waals surface area (Å²) in [6.07, 6.45) is 3.38.